The summed E-state index contributed by atoms with van der Waals surface area (Å²) in [6.07, 6.45) is 0. The Morgan fingerprint density at radius 1 is 1.14 bits per heavy atom. The Morgan fingerprint density at radius 3 is 2.76 bits per heavy atom. The predicted octanol–water partition coefficient (Wildman–Crippen LogP) is 2.66. The molecule has 0 saturated heterocycles. The topological polar surface area (TPSA) is 62.1 Å². The molecule has 6 heteroatoms. The number of carbonyl (C=O) groups is 1. The fourth-order valence-corrected chi connectivity index (χ4v) is 3.79. The van der Waals surface area contributed by atoms with Crippen molar-refractivity contribution in [3.63, 3.8) is 0 Å². The largest absolute Gasteiger partial charge is 0.462 e. The van der Waals surface area contributed by atoms with Crippen LogP contribution in [0.3, 0.4) is 0 Å². The van der Waals surface area contributed by atoms with Crippen molar-refractivity contribution in [2.45, 2.75) is 26.9 Å². The van der Waals surface area contributed by atoms with Gasteiger partial charge in [-0.2, -0.15) is 0 Å². The third kappa shape index (κ3) is 3.89. The van der Waals surface area contributed by atoms with Crippen LogP contribution in [0.15, 0.2) is 42.5 Å². The monoisotopic (exact) mass is 393 g/mol. The molecular formula is C23H25N2O4+. The van der Waals surface area contributed by atoms with E-state index in [1.165, 1.54) is 4.90 Å². The molecule has 1 aliphatic rings. The van der Waals surface area contributed by atoms with E-state index < -0.39 is 0 Å². The first kappa shape index (κ1) is 19.2. The van der Waals surface area contributed by atoms with Crippen LogP contribution in [0.2, 0.25) is 0 Å². The van der Waals surface area contributed by atoms with Crippen LogP contribution in [0.1, 0.15) is 34.1 Å². The summed E-state index contributed by atoms with van der Waals surface area (Å²) in [6.45, 7) is 5.77. The number of nitrogens with zero attached hydrogens (tertiary/aromatic N) is 1. The molecule has 0 bridgehead atoms. The number of carbonyl (C=O) groups excluding carboxylic acids is 1. The summed E-state index contributed by atoms with van der Waals surface area (Å²) in [5, 5.41) is 0.979. The number of benzene rings is 2. The van der Waals surface area contributed by atoms with E-state index in [1.54, 1.807) is 0 Å². The zero-order valence-corrected chi connectivity index (χ0v) is 17.0. The molecule has 1 unspecified atom stereocenters. The summed E-state index contributed by atoms with van der Waals surface area (Å²) in [5.74, 6) is 1.25. The van der Waals surface area contributed by atoms with Gasteiger partial charge in [0, 0.05) is 10.9 Å². The average molecular weight is 393 g/mol. The molecule has 1 aliphatic heterocycles. The molecule has 0 amide bonds. The highest BCUT2D eigenvalue weighted by atomic mass is 16.7. The molecule has 0 fully saturated rings. The number of fused-ring (bicyclic) bond motifs is 2. The van der Waals surface area contributed by atoms with Crippen molar-refractivity contribution in [2.75, 3.05) is 20.4 Å². The number of quaternary nitrogens is 1. The lowest BCUT2D eigenvalue weighted by Gasteiger charge is -2.18. The molecule has 4 rings (SSSR count). The van der Waals surface area contributed by atoms with E-state index >= 15 is 0 Å². The lowest BCUT2D eigenvalue weighted by molar-refractivity contribution is -0.908. The molecule has 3 aromatic rings. The summed E-state index contributed by atoms with van der Waals surface area (Å²) in [4.78, 5) is 18.7. The lowest BCUT2D eigenvalue weighted by atomic mass is 10.0. The van der Waals surface area contributed by atoms with Gasteiger partial charge in [0.2, 0.25) is 6.79 Å². The van der Waals surface area contributed by atoms with Crippen LogP contribution in [0.4, 0.5) is 0 Å². The summed E-state index contributed by atoms with van der Waals surface area (Å²) >= 11 is 0. The minimum atomic E-state index is -0.311. The van der Waals surface area contributed by atoms with Crippen molar-refractivity contribution in [3.8, 4) is 11.5 Å². The van der Waals surface area contributed by atoms with Gasteiger partial charge < -0.3 is 19.1 Å². The molecule has 0 saturated carbocycles. The van der Waals surface area contributed by atoms with E-state index in [9.17, 15) is 4.79 Å². The van der Waals surface area contributed by atoms with Gasteiger partial charge in [-0.1, -0.05) is 18.2 Å². The van der Waals surface area contributed by atoms with E-state index in [0.717, 1.165) is 45.8 Å². The summed E-state index contributed by atoms with van der Waals surface area (Å²) in [6, 6.07) is 13.9. The third-order valence-corrected chi connectivity index (χ3v) is 5.12. The van der Waals surface area contributed by atoms with Gasteiger partial charge in [0.05, 0.1) is 24.7 Å². The quantitative estimate of drug-likeness (QED) is 0.653. The van der Waals surface area contributed by atoms with Gasteiger partial charge in [0.1, 0.15) is 18.8 Å². The van der Waals surface area contributed by atoms with Crippen LogP contribution in [-0.2, 0) is 17.8 Å². The van der Waals surface area contributed by atoms with E-state index in [1.807, 2.05) is 56.3 Å². The van der Waals surface area contributed by atoms with Gasteiger partial charge in [0.25, 0.3) is 0 Å². The minimum Gasteiger partial charge on any atom is -0.462 e. The number of nitrogens with one attached hydrogen (secondary N) is 1. The van der Waals surface area contributed by atoms with Gasteiger partial charge >= 0.3 is 5.97 Å². The zero-order valence-electron chi connectivity index (χ0n) is 17.0. The van der Waals surface area contributed by atoms with Crippen molar-refractivity contribution in [3.05, 3.63) is 64.8 Å². The van der Waals surface area contributed by atoms with Crippen molar-refractivity contribution in [2.24, 2.45) is 0 Å². The first-order valence-electron chi connectivity index (χ1n) is 9.82. The van der Waals surface area contributed by atoms with Crippen molar-refractivity contribution in [1.82, 2.24) is 4.98 Å². The second-order valence-corrected chi connectivity index (χ2v) is 7.29. The molecule has 0 spiro atoms. The maximum Gasteiger partial charge on any atom is 0.340 e. The number of hydrogen-bond donors (Lipinski definition) is 1. The van der Waals surface area contributed by atoms with Gasteiger partial charge in [-0.15, -0.1) is 0 Å². The maximum atomic E-state index is 12.7. The minimum absolute atomic E-state index is 0.269. The Hall–Kier alpha value is -3.12. The van der Waals surface area contributed by atoms with E-state index in [0.29, 0.717) is 18.7 Å². The van der Waals surface area contributed by atoms with Crippen LogP contribution in [0.25, 0.3) is 10.9 Å². The molecule has 2 heterocycles. The second kappa shape index (κ2) is 8.09. The molecule has 150 valence electrons. The van der Waals surface area contributed by atoms with Crippen molar-refractivity contribution in [1.29, 1.82) is 0 Å². The number of aryl methyl sites for hydroxylation is 1. The van der Waals surface area contributed by atoms with E-state index in [2.05, 4.69) is 7.05 Å². The van der Waals surface area contributed by atoms with Gasteiger partial charge in [-0.05, 0) is 43.7 Å². The van der Waals surface area contributed by atoms with E-state index in [4.69, 9.17) is 19.2 Å². The Balaban J connectivity index is 1.63. The molecule has 1 N–H and O–H groups in total. The Morgan fingerprint density at radius 2 is 1.93 bits per heavy atom. The summed E-state index contributed by atoms with van der Waals surface area (Å²) in [7, 11) is 2.09. The SMILES string of the molecule is CCOC(=O)c1c(C[NH+](C)Cc2ccc3c(c2)OCO3)nc2ccccc2c1C. The molecule has 2 aromatic carbocycles. The van der Waals surface area contributed by atoms with Crippen LogP contribution < -0.4 is 14.4 Å². The highest BCUT2D eigenvalue weighted by Gasteiger charge is 2.22. The second-order valence-electron chi connectivity index (χ2n) is 7.29. The van der Waals surface area contributed by atoms with Crippen molar-refractivity contribution >= 4 is 16.9 Å². The highest BCUT2D eigenvalue weighted by Crippen LogP contribution is 2.32. The Labute approximate surface area is 170 Å². The van der Waals surface area contributed by atoms with Crippen molar-refractivity contribution < 1.29 is 23.9 Å². The van der Waals surface area contributed by atoms with Gasteiger partial charge in [0.15, 0.2) is 11.5 Å². The Kier molecular flexibility index (Phi) is 5.36. The summed E-state index contributed by atoms with van der Waals surface area (Å²) < 4.78 is 16.2. The van der Waals surface area contributed by atoms with Crippen LogP contribution in [0, 0.1) is 6.92 Å². The number of pyridine rings is 1. The fourth-order valence-electron chi connectivity index (χ4n) is 3.79. The van der Waals surface area contributed by atoms with Gasteiger partial charge in [-0.25, -0.2) is 9.78 Å². The third-order valence-electron chi connectivity index (χ3n) is 5.12. The molecular weight excluding hydrogens is 368 g/mol. The maximum absolute atomic E-state index is 12.7. The number of aromatic nitrogens is 1. The molecule has 0 radical (unpaired) electrons. The summed E-state index contributed by atoms with van der Waals surface area (Å²) in [5.41, 5.74) is 4.29. The molecule has 0 aliphatic carbocycles. The van der Waals surface area contributed by atoms with Gasteiger partial charge in [-0.3, -0.25) is 0 Å². The zero-order chi connectivity index (χ0) is 20.4. The smallest absolute Gasteiger partial charge is 0.340 e. The number of hydrogen-bond acceptors (Lipinski definition) is 5. The standard InChI is InChI=1S/C23H24N2O4/c1-4-27-23(26)22-15(2)17-7-5-6-8-18(17)24-19(22)13-25(3)12-16-9-10-20-21(11-16)29-14-28-20/h5-11H,4,12-14H2,1-3H3/p+1. The first-order valence-corrected chi connectivity index (χ1v) is 9.82. The fraction of sp³-hybridized carbons (Fsp3) is 0.304. The average Bonchev–Trinajstić information content (AvgIpc) is 3.16. The normalized spacial score (nSPS) is 13.5. The highest BCUT2D eigenvalue weighted by molar-refractivity contribution is 5.98. The van der Waals surface area contributed by atoms with Crippen LogP contribution in [0.5, 0.6) is 11.5 Å². The molecule has 6 nitrogen and oxygen atoms in total. The van der Waals surface area contributed by atoms with Crippen LogP contribution >= 0.6 is 0 Å². The number of rotatable bonds is 6. The Bertz CT molecular complexity index is 1060. The number of esters is 1. The van der Waals surface area contributed by atoms with E-state index in [-0.39, 0.29) is 12.8 Å². The number of para-hydroxylation sites is 1. The number of ether oxygens (including phenoxy) is 3. The molecule has 1 atom stereocenters. The first-order chi connectivity index (χ1) is 14.1. The molecule has 1 aromatic heterocycles. The molecule has 29 heavy (non-hydrogen) atoms. The van der Waals surface area contributed by atoms with Crippen LogP contribution in [-0.4, -0.2) is 31.4 Å². The predicted molar refractivity (Wildman–Crippen MR) is 109 cm³/mol. The lowest BCUT2D eigenvalue weighted by Crippen LogP contribution is -3.06.